The van der Waals surface area contributed by atoms with Crippen LogP contribution in [0.1, 0.15) is 91.2 Å². The molecule has 3 N–H and O–H groups in total. The number of halogens is 2. The highest BCUT2D eigenvalue weighted by molar-refractivity contribution is 7.91. The minimum atomic E-state index is -3.99. The standard InChI is InChI=1S/C40H52F2N6O9S/c1-7-22-19-39(22,36(51)47-58(53,54)24-13-14-24)46-33(49)30-25(8-2)29-20-48(30)35(50)32(38(3,4)5)45-37(52)57-28-17-21(28)11-9-10-16-40(41,42)31-34(56-29)44-27-18-23(55-6)12-15-26(27)43-31/h7,12,15,18,21-22,24-25,28-30,32H,1,8-11,13-14,16-17,19-20H2,2-6H3,(H,45,52)(H,46,49)(H,47,51)/t21-,22-,25-,28-,29+,30+,32-,39?/m1/s1. The summed E-state index contributed by atoms with van der Waals surface area (Å²) < 4.78 is 77.9. The molecule has 0 spiro atoms. The monoisotopic (exact) mass is 830 g/mol. The first-order valence-corrected chi connectivity index (χ1v) is 21.6. The molecule has 3 heterocycles. The second-order valence-corrected chi connectivity index (χ2v) is 19.4. The molecule has 3 aliphatic carbocycles. The lowest BCUT2D eigenvalue weighted by Crippen LogP contribution is -2.61. The Balaban J connectivity index is 1.30. The number of benzene rings is 1. The number of carbonyl (C=O) groups excluding carboxylic acids is 4. The van der Waals surface area contributed by atoms with Crippen LogP contribution in [0.2, 0.25) is 0 Å². The maximum absolute atomic E-state index is 16.3. The Morgan fingerprint density at radius 3 is 2.48 bits per heavy atom. The van der Waals surface area contributed by atoms with Gasteiger partial charge >= 0.3 is 6.09 Å². The number of ether oxygens (including phenoxy) is 3. The third-order valence-electron chi connectivity index (χ3n) is 12.1. The molecule has 18 heteroatoms. The molecule has 58 heavy (non-hydrogen) atoms. The van der Waals surface area contributed by atoms with Gasteiger partial charge < -0.3 is 29.7 Å². The van der Waals surface area contributed by atoms with Gasteiger partial charge in [0.2, 0.25) is 27.7 Å². The lowest BCUT2D eigenvalue weighted by Gasteiger charge is -2.36. The number of hydrogen-bond donors (Lipinski definition) is 3. The van der Waals surface area contributed by atoms with Crippen molar-refractivity contribution in [3.8, 4) is 11.6 Å². The van der Waals surface area contributed by atoms with E-state index < -0.39 is 110 Å². The van der Waals surface area contributed by atoms with Gasteiger partial charge in [-0.15, -0.1) is 6.58 Å². The number of amides is 4. The minimum Gasteiger partial charge on any atom is -0.497 e. The fourth-order valence-electron chi connectivity index (χ4n) is 8.31. The van der Waals surface area contributed by atoms with Gasteiger partial charge in [-0.25, -0.2) is 23.2 Å². The van der Waals surface area contributed by atoms with Crippen LogP contribution in [-0.4, -0.2) is 95.8 Å². The predicted octanol–water partition coefficient (Wildman–Crippen LogP) is 4.49. The van der Waals surface area contributed by atoms with Crippen molar-refractivity contribution in [3.63, 3.8) is 0 Å². The maximum Gasteiger partial charge on any atom is 0.408 e. The Bertz CT molecular complexity index is 2110. The number of nitrogens with one attached hydrogen (secondary N) is 3. The molecule has 5 aliphatic rings. The van der Waals surface area contributed by atoms with Gasteiger partial charge in [-0.2, -0.15) is 8.78 Å². The highest BCUT2D eigenvalue weighted by Crippen LogP contribution is 2.47. The van der Waals surface area contributed by atoms with Crippen molar-refractivity contribution in [1.29, 1.82) is 0 Å². The fraction of sp³-hybridized carbons (Fsp3) is 0.650. The van der Waals surface area contributed by atoms with Crippen molar-refractivity contribution in [1.82, 2.24) is 30.2 Å². The molecule has 0 radical (unpaired) electrons. The van der Waals surface area contributed by atoms with Gasteiger partial charge in [0, 0.05) is 24.3 Å². The first-order chi connectivity index (χ1) is 27.3. The van der Waals surface area contributed by atoms with Gasteiger partial charge in [0.25, 0.3) is 11.8 Å². The minimum absolute atomic E-state index is 0.0142. The summed E-state index contributed by atoms with van der Waals surface area (Å²) in [6.45, 7) is 10.4. The number of methoxy groups -OCH3 is 1. The largest absolute Gasteiger partial charge is 0.497 e. The summed E-state index contributed by atoms with van der Waals surface area (Å²) >= 11 is 0. The van der Waals surface area contributed by atoms with E-state index in [9.17, 15) is 27.6 Å². The van der Waals surface area contributed by atoms with Crippen LogP contribution in [0.3, 0.4) is 0 Å². The average molecular weight is 831 g/mol. The third kappa shape index (κ3) is 8.17. The molecule has 8 atom stereocenters. The van der Waals surface area contributed by atoms with Crippen molar-refractivity contribution >= 4 is 44.9 Å². The summed E-state index contributed by atoms with van der Waals surface area (Å²) in [5.41, 5.74) is -2.87. The number of hydrogen-bond acceptors (Lipinski definition) is 11. The van der Waals surface area contributed by atoms with Crippen LogP contribution in [-0.2, 0) is 35.1 Å². The van der Waals surface area contributed by atoms with Crippen LogP contribution in [0.4, 0.5) is 13.6 Å². The molecule has 316 valence electrons. The van der Waals surface area contributed by atoms with Gasteiger partial charge in [0.05, 0.1) is 29.9 Å². The molecule has 1 aromatic carbocycles. The molecular formula is C40H52F2N6O9S. The van der Waals surface area contributed by atoms with E-state index in [4.69, 9.17) is 14.2 Å². The van der Waals surface area contributed by atoms with Gasteiger partial charge in [-0.1, -0.05) is 40.2 Å². The van der Waals surface area contributed by atoms with E-state index in [0.717, 1.165) is 0 Å². The zero-order valence-corrected chi connectivity index (χ0v) is 34.2. The average Bonchev–Trinajstić information content (AvgIpc) is 4.08. The summed E-state index contributed by atoms with van der Waals surface area (Å²) in [5, 5.41) is 4.80. The van der Waals surface area contributed by atoms with Crippen LogP contribution >= 0.6 is 0 Å². The zero-order valence-electron chi connectivity index (χ0n) is 33.4. The number of fused-ring (bicyclic) bond motifs is 5. The molecule has 1 saturated heterocycles. The van der Waals surface area contributed by atoms with Crippen molar-refractivity contribution in [2.45, 2.75) is 126 Å². The van der Waals surface area contributed by atoms with Gasteiger partial charge in [0.1, 0.15) is 35.6 Å². The van der Waals surface area contributed by atoms with Crippen LogP contribution in [0.15, 0.2) is 30.9 Å². The van der Waals surface area contributed by atoms with Crippen LogP contribution in [0.25, 0.3) is 11.0 Å². The Morgan fingerprint density at radius 1 is 1.10 bits per heavy atom. The number of alkyl halides is 2. The summed E-state index contributed by atoms with van der Waals surface area (Å²) in [4.78, 5) is 66.7. The molecule has 2 aliphatic heterocycles. The molecule has 2 bridgehead atoms. The normalized spacial score (nSPS) is 31.2. The van der Waals surface area contributed by atoms with Crippen LogP contribution in [0.5, 0.6) is 11.6 Å². The Hall–Kier alpha value is -4.61. The smallest absolute Gasteiger partial charge is 0.408 e. The lowest BCUT2D eigenvalue weighted by atomic mass is 9.85. The Morgan fingerprint density at radius 2 is 1.84 bits per heavy atom. The van der Waals surface area contributed by atoms with E-state index in [1.165, 1.54) is 30.2 Å². The van der Waals surface area contributed by atoms with Crippen LogP contribution < -0.4 is 24.8 Å². The van der Waals surface area contributed by atoms with Crippen molar-refractivity contribution in [2.24, 2.45) is 23.2 Å². The number of carbonyl (C=O) groups is 4. The predicted molar refractivity (Wildman–Crippen MR) is 206 cm³/mol. The van der Waals surface area contributed by atoms with Crippen molar-refractivity contribution < 1.29 is 50.6 Å². The molecule has 15 nitrogen and oxygen atoms in total. The number of rotatable bonds is 8. The molecular weight excluding hydrogens is 779 g/mol. The molecule has 1 aromatic heterocycles. The van der Waals surface area contributed by atoms with Gasteiger partial charge in [0.15, 0.2) is 5.69 Å². The number of nitrogens with zero attached hydrogens (tertiary/aromatic N) is 3. The lowest BCUT2D eigenvalue weighted by molar-refractivity contribution is -0.143. The molecule has 4 amide bonds. The first kappa shape index (κ1) is 41.5. The summed E-state index contributed by atoms with van der Waals surface area (Å²) in [6, 6.07) is 2.06. The second kappa shape index (κ2) is 15.2. The summed E-state index contributed by atoms with van der Waals surface area (Å²) in [5.74, 6) is -7.43. The van der Waals surface area contributed by atoms with Crippen molar-refractivity contribution in [2.75, 3.05) is 13.7 Å². The summed E-state index contributed by atoms with van der Waals surface area (Å²) in [7, 11) is -2.53. The number of alkyl carbamates (subject to hydrolysis) is 1. The second-order valence-electron chi connectivity index (χ2n) is 17.4. The highest BCUT2D eigenvalue weighted by Gasteiger charge is 2.63. The molecule has 4 fully saturated rings. The summed E-state index contributed by atoms with van der Waals surface area (Å²) in [6.07, 6.45) is 1.31. The molecule has 1 unspecified atom stereocenters. The van der Waals surface area contributed by atoms with E-state index in [1.807, 2.05) is 0 Å². The van der Waals surface area contributed by atoms with Gasteiger partial charge in [-0.3, -0.25) is 19.1 Å². The van der Waals surface area contributed by atoms with Crippen molar-refractivity contribution in [3.05, 3.63) is 36.5 Å². The SMILES string of the molecule is C=C[C@@H]1CC1(NC(=O)[C@@H]1[C@H](CC)[C@@H]2CN1C(=O)[C@H](C(C)(C)C)NC(=O)O[C@@H]1C[C@H]1CCCCC(F)(F)c1nc3ccc(OC)cc3nc1O2)C(=O)NS(=O)(=O)C1CC1. The Kier molecular flexibility index (Phi) is 10.9. The first-order valence-electron chi connectivity index (χ1n) is 20.0. The van der Waals surface area contributed by atoms with E-state index in [1.54, 1.807) is 33.8 Å². The maximum atomic E-state index is 16.3. The molecule has 2 aromatic rings. The van der Waals surface area contributed by atoms with Crippen LogP contribution in [0, 0.1) is 23.2 Å². The number of aromatic nitrogens is 2. The third-order valence-corrected chi connectivity index (χ3v) is 13.9. The molecule has 3 saturated carbocycles. The fourth-order valence-corrected chi connectivity index (χ4v) is 9.68. The van der Waals surface area contributed by atoms with Gasteiger partial charge in [-0.05, 0) is 68.4 Å². The molecule has 7 rings (SSSR count). The Labute approximate surface area is 336 Å². The van der Waals surface area contributed by atoms with E-state index in [-0.39, 0.29) is 42.8 Å². The zero-order chi connectivity index (χ0) is 41.9. The van der Waals surface area contributed by atoms with E-state index >= 15 is 8.78 Å². The quantitative estimate of drug-likeness (QED) is 0.318. The number of sulfonamides is 1. The highest BCUT2D eigenvalue weighted by atomic mass is 32.2. The van der Waals surface area contributed by atoms with E-state index in [2.05, 4.69) is 31.9 Å². The van der Waals surface area contributed by atoms with E-state index in [0.29, 0.717) is 37.9 Å². The topological polar surface area (TPSA) is 195 Å².